The highest BCUT2D eigenvalue weighted by Gasteiger charge is 2.53. The Kier molecular flexibility index (Phi) is 8.20. The lowest BCUT2D eigenvalue weighted by atomic mass is 9.99. The van der Waals surface area contributed by atoms with Gasteiger partial charge in [-0.15, -0.1) is 0 Å². The zero-order chi connectivity index (χ0) is 32.5. The van der Waals surface area contributed by atoms with Crippen molar-refractivity contribution in [2.24, 2.45) is 5.92 Å². The number of aliphatic hydroxyl groups is 2. The third-order valence-electron chi connectivity index (χ3n) is 7.71. The average molecular weight is 721 g/mol. The summed E-state index contributed by atoms with van der Waals surface area (Å²) in [5, 5.41) is 21.7. The Labute approximate surface area is 267 Å². The molecule has 0 amide bonds. The molecule has 0 aliphatic carbocycles. The highest BCUT2D eigenvalue weighted by Crippen LogP contribution is 2.59. The number of nitrogens with two attached hydrogens (primary N) is 2. The van der Waals surface area contributed by atoms with Gasteiger partial charge >= 0.3 is 13.5 Å². The Morgan fingerprint density at radius 2 is 1.70 bits per heavy atom. The van der Waals surface area contributed by atoms with Crippen LogP contribution in [0.4, 0.5) is 11.8 Å². The van der Waals surface area contributed by atoms with Crippen molar-refractivity contribution in [1.29, 1.82) is 0 Å². The molecule has 46 heavy (non-hydrogen) atoms. The van der Waals surface area contributed by atoms with E-state index in [1.807, 2.05) is 0 Å². The summed E-state index contributed by atoms with van der Waals surface area (Å²) in [6.45, 7) is -10.1. The number of aromatic amines is 1. The third kappa shape index (κ3) is 5.64. The van der Waals surface area contributed by atoms with Gasteiger partial charge in [0.15, 0.2) is 35.1 Å². The fraction of sp³-hybridized carbons (Fsp3) is 0.524. The van der Waals surface area contributed by atoms with E-state index in [4.69, 9.17) is 50.8 Å². The lowest BCUT2D eigenvalue weighted by Crippen LogP contribution is -2.36. The van der Waals surface area contributed by atoms with Crippen molar-refractivity contribution >= 4 is 71.7 Å². The molecule has 248 valence electrons. The number of nitrogens with one attached hydrogen (secondary N) is 1. The number of hydrogen-bond acceptors (Lipinski definition) is 18. The summed E-state index contributed by atoms with van der Waals surface area (Å²) in [6, 6.07) is 0. The van der Waals surface area contributed by atoms with E-state index in [9.17, 15) is 24.5 Å². The Morgan fingerprint density at radius 1 is 1.00 bits per heavy atom. The monoisotopic (exact) mass is 720 g/mol. The predicted octanol–water partition coefficient (Wildman–Crippen LogP) is -1.04. The zero-order valence-corrected chi connectivity index (χ0v) is 26.6. The maximum Gasteiger partial charge on any atom is 0.386 e. The standard InChI is InChI=1S/C21H26N10O11P2S2/c22-15-10-16(25-4-24-15)30(5-26-10)19-12(33)14-9(40-19)3-38-43(35,45)41-13-7(1-32)8(2-37-44(36,46)42-14)39-20(13)31-6-27-11-17(31)28-21(23)29-18(11)34/h4-9,12-14,19-20,32-33H,1-3H2,(H,35,45)(H,36,46)(H2,22,24,25)(H3,23,28,29,34). The number of rotatable bonds is 3. The normalized spacial score (nSPS) is 37.1. The molecule has 3 fully saturated rings. The van der Waals surface area contributed by atoms with E-state index in [0.29, 0.717) is 0 Å². The van der Waals surface area contributed by atoms with Crippen molar-refractivity contribution in [3.8, 4) is 0 Å². The lowest BCUT2D eigenvalue weighted by molar-refractivity contribution is -0.0584. The molecule has 0 saturated carbocycles. The van der Waals surface area contributed by atoms with E-state index < -0.39 is 87.8 Å². The van der Waals surface area contributed by atoms with Crippen LogP contribution >= 0.6 is 25.8 Å². The first kappa shape index (κ1) is 31.9. The van der Waals surface area contributed by atoms with Gasteiger partial charge in [0.2, 0.25) is 5.95 Å². The largest absolute Gasteiger partial charge is 0.396 e. The molecule has 3 aliphatic rings. The van der Waals surface area contributed by atoms with Gasteiger partial charge in [-0.05, 0) is 11.8 Å². The summed E-state index contributed by atoms with van der Waals surface area (Å²) in [6.07, 6.45) is -5.09. The molecule has 21 nitrogen and oxygen atoms in total. The smallest absolute Gasteiger partial charge is 0.386 e. The van der Waals surface area contributed by atoms with E-state index in [2.05, 4.69) is 42.2 Å². The molecule has 4 aromatic rings. The summed E-state index contributed by atoms with van der Waals surface area (Å²) < 4.78 is 51.3. The van der Waals surface area contributed by atoms with E-state index in [-0.39, 0.29) is 34.1 Å². The third-order valence-corrected chi connectivity index (χ3v) is 10.9. The molecule has 0 radical (unpaired) electrons. The number of nitrogen functional groups attached to an aromatic ring is 2. The maximum atomic E-state index is 13.7. The van der Waals surface area contributed by atoms with Crippen molar-refractivity contribution in [3.05, 3.63) is 29.3 Å². The van der Waals surface area contributed by atoms with E-state index in [0.717, 1.165) is 0 Å². The van der Waals surface area contributed by atoms with Crippen LogP contribution in [0, 0.1) is 5.92 Å². The molecule has 3 saturated heterocycles. The summed E-state index contributed by atoms with van der Waals surface area (Å²) in [5.41, 5.74) is 11.4. The van der Waals surface area contributed by atoms with Crippen LogP contribution in [0.25, 0.3) is 22.3 Å². The van der Waals surface area contributed by atoms with Crippen molar-refractivity contribution in [2.75, 3.05) is 31.3 Å². The topological polar surface area (TPSA) is 292 Å². The second-order valence-corrected chi connectivity index (χ2v) is 16.2. The fourth-order valence-corrected chi connectivity index (χ4v) is 8.56. The number of nitrogens with zero attached hydrogens (tertiary/aromatic N) is 7. The number of thiol groups is 1. The van der Waals surface area contributed by atoms with Gasteiger partial charge < -0.3 is 40.6 Å². The molecular weight excluding hydrogens is 694 g/mol. The van der Waals surface area contributed by atoms with Crippen LogP contribution in [0.2, 0.25) is 0 Å². The van der Waals surface area contributed by atoms with Gasteiger partial charge in [0.25, 0.3) is 5.56 Å². The van der Waals surface area contributed by atoms with E-state index in [1.54, 1.807) is 0 Å². The van der Waals surface area contributed by atoms with E-state index >= 15 is 0 Å². The number of imidazole rings is 2. The van der Waals surface area contributed by atoms with Crippen LogP contribution in [-0.4, -0.2) is 104 Å². The van der Waals surface area contributed by atoms with Crippen LogP contribution in [0.1, 0.15) is 12.5 Å². The van der Waals surface area contributed by atoms with Crippen molar-refractivity contribution in [1.82, 2.24) is 39.0 Å². The minimum Gasteiger partial charge on any atom is -0.396 e. The zero-order valence-electron chi connectivity index (χ0n) is 23.1. The minimum absolute atomic E-state index is 0.00558. The number of anilines is 2. The first-order chi connectivity index (χ1) is 21.9. The number of ether oxygens (including phenoxy) is 2. The Morgan fingerprint density at radius 3 is 2.46 bits per heavy atom. The van der Waals surface area contributed by atoms with Crippen LogP contribution in [-0.2, 0) is 43.9 Å². The van der Waals surface area contributed by atoms with Crippen LogP contribution in [0.15, 0.2) is 23.8 Å². The van der Waals surface area contributed by atoms with Gasteiger partial charge in [0, 0.05) is 5.92 Å². The highest BCUT2D eigenvalue weighted by molar-refractivity contribution is 8.44. The molecular formula is C21H26N10O11P2S2. The second-order valence-electron chi connectivity index (χ2n) is 10.5. The Bertz CT molecular complexity index is 1960. The van der Waals surface area contributed by atoms with Crippen LogP contribution in [0.5, 0.6) is 0 Å². The molecule has 7 rings (SSSR count). The molecule has 0 aromatic carbocycles. The summed E-state index contributed by atoms with van der Waals surface area (Å²) >= 11 is 9.41. The summed E-state index contributed by atoms with van der Waals surface area (Å²) in [4.78, 5) is 46.2. The molecule has 3 aliphatic heterocycles. The molecule has 10 unspecified atom stereocenters. The van der Waals surface area contributed by atoms with Gasteiger partial charge in [0.05, 0.1) is 38.6 Å². The number of fused-ring (bicyclic) bond motifs is 5. The first-order valence-corrected chi connectivity index (χ1v) is 18.7. The highest BCUT2D eigenvalue weighted by atomic mass is 32.7. The molecule has 8 N–H and O–H groups in total. The van der Waals surface area contributed by atoms with Gasteiger partial charge in [-0.3, -0.25) is 32.5 Å². The van der Waals surface area contributed by atoms with Crippen LogP contribution in [0.3, 0.4) is 0 Å². The maximum absolute atomic E-state index is 13.7. The number of aliphatic hydroxyl groups excluding tert-OH is 2. The molecule has 4 aromatic heterocycles. The Hall–Kier alpha value is -2.63. The van der Waals surface area contributed by atoms with Crippen molar-refractivity contribution < 1.29 is 47.2 Å². The van der Waals surface area contributed by atoms with E-state index in [1.165, 1.54) is 28.1 Å². The molecule has 7 heterocycles. The number of H-pyrrole nitrogens is 1. The fourth-order valence-electron chi connectivity index (χ4n) is 5.62. The molecule has 25 heteroatoms. The van der Waals surface area contributed by atoms with Gasteiger partial charge in [0.1, 0.15) is 36.3 Å². The van der Waals surface area contributed by atoms with Gasteiger partial charge in [-0.2, -0.15) is 4.98 Å². The quantitative estimate of drug-likeness (QED) is 0.0982. The average Bonchev–Trinajstić information content (AvgIpc) is 3.75. The first-order valence-electron chi connectivity index (χ1n) is 13.4. The lowest BCUT2D eigenvalue weighted by Gasteiger charge is -2.27. The SMILES string of the molecule is Nc1nc2c(ncn2C2OC3COP(O)(=S)OC4C(COP(=O)(S)OC2C3CO)OC(n2cnc3c(N)ncnc32)C4O)c(=O)[nH]1. The number of aromatic nitrogens is 8. The van der Waals surface area contributed by atoms with Gasteiger partial charge in [-0.25, -0.2) is 24.5 Å². The predicted molar refractivity (Wildman–Crippen MR) is 161 cm³/mol. The Balaban J connectivity index is 1.22. The second kappa shape index (κ2) is 11.8. The van der Waals surface area contributed by atoms with Crippen molar-refractivity contribution in [2.45, 2.75) is 43.0 Å². The summed E-state index contributed by atoms with van der Waals surface area (Å²) in [5.74, 6) is -1.07. The minimum atomic E-state index is -4.33. The molecule has 0 spiro atoms. The molecule has 10 atom stereocenters. The molecule has 2 bridgehead atoms. The van der Waals surface area contributed by atoms with Crippen LogP contribution < -0.4 is 17.0 Å². The van der Waals surface area contributed by atoms with Crippen molar-refractivity contribution in [3.63, 3.8) is 0 Å². The van der Waals surface area contributed by atoms with Gasteiger partial charge in [-0.1, -0.05) is 12.2 Å². The summed E-state index contributed by atoms with van der Waals surface area (Å²) in [7, 11) is 0. The number of hydrogen-bond donors (Lipinski definition) is 7.